The Morgan fingerprint density at radius 2 is 0.575 bits per heavy atom. The van der Waals surface area contributed by atoms with Crippen LogP contribution in [0.5, 0.6) is 0 Å². The van der Waals surface area contributed by atoms with Gasteiger partial charge in [-0.25, -0.2) is 9.13 Å². The Kier molecular flexibility index (Phi) is 51.3. The van der Waals surface area contributed by atoms with Crippen LogP contribution in [0.25, 0.3) is 0 Å². The van der Waals surface area contributed by atoms with Crippen molar-refractivity contribution in [1.82, 2.24) is 0 Å². The molecule has 0 aliphatic carbocycles. The summed E-state index contributed by atoms with van der Waals surface area (Å²) in [5.74, 6) is 0.00624. The third kappa shape index (κ3) is 55.3. The summed E-state index contributed by atoms with van der Waals surface area (Å²) < 4.78 is 67.8. The first-order valence-corrected chi connectivity index (χ1v) is 34.8. The SMILES string of the molecule is CCCCCCCCCC(=O)OC[C@H](COP(=O)(O)OC[C@H](O)COP(=O)(O)OC[C@@H](COC(=O)CCCCCCCCCC(C)C)OC(=O)CCCCCCCCCCCCC(C)C)OC(=O)CCCCCCCCCC(C)C. The maximum Gasteiger partial charge on any atom is 0.472 e. The van der Waals surface area contributed by atoms with Crippen LogP contribution in [0.15, 0.2) is 0 Å². The zero-order valence-corrected chi connectivity index (χ0v) is 53.3. The van der Waals surface area contributed by atoms with Gasteiger partial charge in [0.2, 0.25) is 0 Å². The molecule has 0 aromatic carbocycles. The number of aliphatic hydroxyl groups is 1. The van der Waals surface area contributed by atoms with E-state index in [2.05, 4.69) is 48.5 Å². The van der Waals surface area contributed by atoms with Gasteiger partial charge in [0, 0.05) is 25.7 Å². The first-order valence-electron chi connectivity index (χ1n) is 31.8. The lowest BCUT2D eigenvalue weighted by molar-refractivity contribution is -0.161. The number of phosphoric ester groups is 2. The lowest BCUT2D eigenvalue weighted by atomic mass is 10.0. The van der Waals surface area contributed by atoms with Crippen LogP contribution in [-0.4, -0.2) is 96.7 Å². The van der Waals surface area contributed by atoms with Gasteiger partial charge in [-0.1, -0.05) is 241 Å². The van der Waals surface area contributed by atoms with Crippen LogP contribution in [0.4, 0.5) is 0 Å². The van der Waals surface area contributed by atoms with Gasteiger partial charge in [-0.3, -0.25) is 37.3 Å². The van der Waals surface area contributed by atoms with Gasteiger partial charge in [-0.2, -0.15) is 0 Å². The van der Waals surface area contributed by atoms with Crippen LogP contribution in [0, 0.1) is 17.8 Å². The molecule has 0 aliphatic rings. The minimum absolute atomic E-state index is 0.102. The first kappa shape index (κ1) is 78.1. The standard InChI is InChI=1S/C61H118O17P2/c1-8-9-10-11-18-28-35-42-58(63)71-48-56(78-61(66)45-38-31-24-17-21-27-34-41-54(6)7)50-75-79(67,68)73-46-55(62)47-74-80(69,70)76-51-57(49-72-59(64)43-36-29-23-16-20-26-33-40-53(4)5)77-60(65)44-37-30-22-15-13-12-14-19-25-32-39-52(2)3/h52-57,62H,8-51H2,1-7H3,(H,67,68)(H,69,70)/t55-,56+,57+/m0/s1. The van der Waals surface area contributed by atoms with Gasteiger partial charge in [-0.05, 0) is 43.4 Å². The monoisotopic (exact) mass is 1180 g/mol. The number of hydrogen-bond donors (Lipinski definition) is 3. The van der Waals surface area contributed by atoms with E-state index in [-0.39, 0.29) is 25.7 Å². The van der Waals surface area contributed by atoms with Crippen LogP contribution >= 0.6 is 15.6 Å². The number of hydrogen-bond acceptors (Lipinski definition) is 15. The average Bonchev–Trinajstić information content (AvgIpc) is 3.40. The first-order chi connectivity index (χ1) is 38.2. The summed E-state index contributed by atoms with van der Waals surface area (Å²) >= 11 is 0. The van der Waals surface area contributed by atoms with Crippen LogP contribution in [0.2, 0.25) is 0 Å². The average molecular weight is 1190 g/mol. The van der Waals surface area contributed by atoms with Crippen molar-refractivity contribution >= 4 is 39.5 Å². The Bertz CT molecular complexity index is 1600. The Morgan fingerprint density at radius 3 is 0.850 bits per heavy atom. The van der Waals surface area contributed by atoms with Gasteiger partial charge in [-0.15, -0.1) is 0 Å². The van der Waals surface area contributed by atoms with Gasteiger partial charge in [0.15, 0.2) is 12.2 Å². The van der Waals surface area contributed by atoms with Gasteiger partial charge in [0.05, 0.1) is 26.4 Å². The normalized spacial score (nSPS) is 14.5. The summed E-state index contributed by atoms with van der Waals surface area (Å²) in [7, 11) is -9.88. The van der Waals surface area contributed by atoms with Crippen LogP contribution in [-0.2, 0) is 65.4 Å². The number of rotatable bonds is 59. The number of unbranched alkanes of at least 4 members (excludes halogenated alkanes) is 27. The maximum absolute atomic E-state index is 12.9. The highest BCUT2D eigenvalue weighted by molar-refractivity contribution is 7.47. The van der Waals surface area contributed by atoms with Gasteiger partial charge in [0.25, 0.3) is 0 Å². The van der Waals surface area contributed by atoms with Crippen LogP contribution in [0.3, 0.4) is 0 Å². The Morgan fingerprint density at radius 1 is 0.338 bits per heavy atom. The summed E-state index contributed by atoms with van der Waals surface area (Å²) in [6.45, 7) is 11.6. The molecular formula is C61H118O17P2. The molecule has 0 fully saturated rings. The van der Waals surface area contributed by atoms with Crippen LogP contribution < -0.4 is 0 Å². The molecule has 0 rings (SSSR count). The van der Waals surface area contributed by atoms with Crippen molar-refractivity contribution in [3.8, 4) is 0 Å². The maximum atomic E-state index is 12.9. The zero-order valence-electron chi connectivity index (χ0n) is 51.5. The Labute approximate surface area is 486 Å². The fourth-order valence-electron chi connectivity index (χ4n) is 8.95. The molecule has 0 bridgehead atoms. The molecule has 0 heterocycles. The molecule has 0 spiro atoms. The molecule has 0 aromatic heterocycles. The Balaban J connectivity index is 5.22. The molecule has 474 valence electrons. The van der Waals surface area contributed by atoms with Crippen molar-refractivity contribution in [1.29, 1.82) is 0 Å². The van der Waals surface area contributed by atoms with Gasteiger partial charge in [0.1, 0.15) is 19.3 Å². The van der Waals surface area contributed by atoms with Crippen molar-refractivity contribution in [2.45, 2.75) is 311 Å². The lowest BCUT2D eigenvalue weighted by Gasteiger charge is -2.21. The third-order valence-corrected chi connectivity index (χ3v) is 15.8. The summed E-state index contributed by atoms with van der Waals surface area (Å²) in [5, 5.41) is 10.5. The van der Waals surface area contributed by atoms with E-state index >= 15 is 0 Å². The summed E-state index contributed by atoms with van der Waals surface area (Å²) in [5.41, 5.74) is 0. The zero-order chi connectivity index (χ0) is 59.5. The number of carbonyl (C=O) groups is 4. The number of esters is 4. The second-order valence-corrected chi connectivity index (χ2v) is 26.4. The van der Waals surface area contributed by atoms with E-state index in [0.29, 0.717) is 37.5 Å². The highest BCUT2D eigenvalue weighted by Gasteiger charge is 2.30. The van der Waals surface area contributed by atoms with E-state index in [1.54, 1.807) is 0 Å². The Hall–Kier alpha value is -1.94. The largest absolute Gasteiger partial charge is 0.472 e. The smallest absolute Gasteiger partial charge is 0.462 e. The van der Waals surface area contributed by atoms with E-state index in [4.69, 9.17) is 37.0 Å². The summed E-state index contributed by atoms with van der Waals surface area (Å²) in [6.07, 6.45) is 32.4. The molecular weight excluding hydrogens is 1070 g/mol. The molecule has 2 unspecified atom stereocenters. The predicted octanol–water partition coefficient (Wildman–Crippen LogP) is 16.3. The molecule has 0 amide bonds. The van der Waals surface area contributed by atoms with Crippen molar-refractivity contribution in [2.75, 3.05) is 39.6 Å². The second-order valence-electron chi connectivity index (χ2n) is 23.5. The molecule has 80 heavy (non-hydrogen) atoms. The van der Waals surface area contributed by atoms with Crippen molar-refractivity contribution in [2.24, 2.45) is 17.8 Å². The fourth-order valence-corrected chi connectivity index (χ4v) is 10.5. The third-order valence-electron chi connectivity index (χ3n) is 13.9. The minimum atomic E-state index is -4.94. The van der Waals surface area contributed by atoms with E-state index in [1.165, 1.54) is 83.5 Å². The quantitative estimate of drug-likeness (QED) is 0.0222. The molecule has 17 nitrogen and oxygen atoms in total. The molecule has 5 atom stereocenters. The number of ether oxygens (including phenoxy) is 4. The van der Waals surface area contributed by atoms with E-state index < -0.39 is 97.5 Å². The predicted molar refractivity (Wildman–Crippen MR) is 317 cm³/mol. The summed E-state index contributed by atoms with van der Waals surface area (Å²) in [6, 6.07) is 0. The van der Waals surface area contributed by atoms with Crippen molar-refractivity contribution < 1.29 is 80.2 Å². The topological polar surface area (TPSA) is 237 Å². The van der Waals surface area contributed by atoms with Crippen LogP contribution in [0.1, 0.15) is 292 Å². The molecule has 0 aliphatic heterocycles. The molecule has 19 heteroatoms. The number of carbonyl (C=O) groups excluding carboxylic acids is 4. The van der Waals surface area contributed by atoms with Crippen molar-refractivity contribution in [3.63, 3.8) is 0 Å². The fraction of sp³-hybridized carbons (Fsp3) is 0.934. The summed E-state index contributed by atoms with van der Waals surface area (Å²) in [4.78, 5) is 71.9. The minimum Gasteiger partial charge on any atom is -0.462 e. The molecule has 0 aromatic rings. The molecule has 0 saturated heterocycles. The van der Waals surface area contributed by atoms with E-state index in [0.717, 1.165) is 115 Å². The lowest BCUT2D eigenvalue weighted by Crippen LogP contribution is -2.30. The van der Waals surface area contributed by atoms with Gasteiger partial charge >= 0.3 is 39.5 Å². The van der Waals surface area contributed by atoms with Gasteiger partial charge < -0.3 is 33.8 Å². The van der Waals surface area contributed by atoms with E-state index in [9.17, 15) is 43.2 Å². The van der Waals surface area contributed by atoms with Crippen molar-refractivity contribution in [3.05, 3.63) is 0 Å². The second kappa shape index (κ2) is 52.6. The molecule has 3 N–H and O–H groups in total. The number of aliphatic hydroxyl groups excluding tert-OH is 1. The van der Waals surface area contributed by atoms with E-state index in [1.807, 2.05) is 0 Å². The highest BCUT2D eigenvalue weighted by Crippen LogP contribution is 2.45. The highest BCUT2D eigenvalue weighted by atomic mass is 31.2. The molecule has 0 saturated carbocycles. The number of phosphoric acid groups is 2. The molecule has 0 radical (unpaired) electrons.